The average Bonchev–Trinajstić information content (AvgIpc) is 3.54. The molecule has 0 fully saturated rings. The number of sulfonamides is 1. The maximum absolute atomic E-state index is 14.4. The molecule has 1 amide bonds. The standard InChI is InChI=1S/C37H49N3O8S/c1-25-9-13-31(14-10-25)49(43,44)38-30-12-16-33-32(19-30)37(42)40(27(3)23-41)20-26(2)36(45-17-7-6-8-28(4)48-33)22-39(5)21-29-11-15-34-35(18-29)47-24-46-34/h9-16,18-19,26-28,36,38,41H,6-8,17,20-24H2,1-5H3/t26-,27-,28+,36-/m0/s1. The molecule has 266 valence electrons. The highest BCUT2D eigenvalue weighted by Gasteiger charge is 2.31. The van der Waals surface area contributed by atoms with E-state index in [0.717, 1.165) is 41.9 Å². The summed E-state index contributed by atoms with van der Waals surface area (Å²) < 4.78 is 52.9. The highest BCUT2D eigenvalue weighted by molar-refractivity contribution is 7.92. The van der Waals surface area contributed by atoms with Gasteiger partial charge in [-0.05, 0) is 95.1 Å². The zero-order valence-electron chi connectivity index (χ0n) is 29.1. The first kappa shape index (κ1) is 36.4. The van der Waals surface area contributed by atoms with Crippen molar-refractivity contribution in [3.8, 4) is 17.2 Å². The quantitative estimate of drug-likeness (QED) is 0.301. The summed E-state index contributed by atoms with van der Waals surface area (Å²) in [6.07, 6.45) is 2.07. The molecule has 5 rings (SSSR count). The first-order valence-corrected chi connectivity index (χ1v) is 18.4. The number of nitrogens with zero attached hydrogens (tertiary/aromatic N) is 2. The molecule has 0 spiro atoms. The van der Waals surface area contributed by atoms with Crippen LogP contribution in [0.3, 0.4) is 0 Å². The van der Waals surface area contributed by atoms with Crippen molar-refractivity contribution in [1.82, 2.24) is 9.80 Å². The van der Waals surface area contributed by atoms with Crippen molar-refractivity contribution >= 4 is 21.6 Å². The number of carbonyl (C=O) groups excluding carboxylic acids is 1. The third-order valence-electron chi connectivity index (χ3n) is 9.02. The normalized spacial score (nSPS) is 21.1. The number of carbonyl (C=O) groups is 1. The minimum absolute atomic E-state index is 0.105. The molecule has 2 N–H and O–H groups in total. The third-order valence-corrected chi connectivity index (χ3v) is 10.4. The van der Waals surface area contributed by atoms with Crippen LogP contribution in [0.5, 0.6) is 17.2 Å². The van der Waals surface area contributed by atoms with Gasteiger partial charge in [0.2, 0.25) is 6.79 Å². The number of aryl methyl sites for hydroxylation is 1. The van der Waals surface area contributed by atoms with Crippen molar-refractivity contribution in [3.63, 3.8) is 0 Å². The van der Waals surface area contributed by atoms with Gasteiger partial charge in [-0.15, -0.1) is 0 Å². The summed E-state index contributed by atoms with van der Waals surface area (Å²) in [5.74, 6) is 1.38. The van der Waals surface area contributed by atoms with Crippen LogP contribution in [0.25, 0.3) is 0 Å². The molecule has 3 aromatic carbocycles. The monoisotopic (exact) mass is 695 g/mol. The lowest BCUT2D eigenvalue weighted by Crippen LogP contribution is -2.47. The van der Waals surface area contributed by atoms with E-state index in [2.05, 4.69) is 16.5 Å². The van der Waals surface area contributed by atoms with Crippen molar-refractivity contribution in [2.45, 2.75) is 76.6 Å². The fourth-order valence-corrected chi connectivity index (χ4v) is 7.15. The zero-order chi connectivity index (χ0) is 35.1. The van der Waals surface area contributed by atoms with Crippen molar-refractivity contribution in [1.29, 1.82) is 0 Å². The summed E-state index contributed by atoms with van der Waals surface area (Å²) in [7, 11) is -1.87. The van der Waals surface area contributed by atoms with Gasteiger partial charge in [0.1, 0.15) is 5.75 Å². The van der Waals surface area contributed by atoms with Gasteiger partial charge in [0, 0.05) is 37.8 Å². The number of hydrogen-bond donors (Lipinski definition) is 2. The predicted octanol–water partition coefficient (Wildman–Crippen LogP) is 5.45. The van der Waals surface area contributed by atoms with E-state index in [0.29, 0.717) is 32.0 Å². The van der Waals surface area contributed by atoms with Gasteiger partial charge < -0.3 is 29.0 Å². The number of fused-ring (bicyclic) bond motifs is 2. The number of benzene rings is 3. The molecule has 4 atom stereocenters. The van der Waals surface area contributed by atoms with Crippen LogP contribution >= 0.6 is 0 Å². The Hall–Kier alpha value is -3.84. The highest BCUT2D eigenvalue weighted by Crippen LogP contribution is 2.33. The van der Waals surface area contributed by atoms with Crippen LogP contribution in [0.1, 0.15) is 61.5 Å². The van der Waals surface area contributed by atoms with Crippen molar-refractivity contribution in [3.05, 3.63) is 77.4 Å². The summed E-state index contributed by atoms with van der Waals surface area (Å²) in [5, 5.41) is 10.3. The molecule has 2 aliphatic rings. The fraction of sp³-hybridized carbons (Fsp3) is 0.486. The molecule has 2 aliphatic heterocycles. The Labute approximate surface area is 290 Å². The minimum Gasteiger partial charge on any atom is -0.490 e. The number of rotatable bonds is 9. The van der Waals surface area contributed by atoms with Crippen LogP contribution in [-0.2, 0) is 21.3 Å². The van der Waals surface area contributed by atoms with Gasteiger partial charge in [-0.25, -0.2) is 8.42 Å². The molecule has 2 heterocycles. The van der Waals surface area contributed by atoms with Crippen molar-refractivity contribution in [2.75, 3.05) is 44.9 Å². The van der Waals surface area contributed by atoms with Crippen molar-refractivity contribution < 1.29 is 37.3 Å². The molecule has 0 bridgehead atoms. The van der Waals surface area contributed by atoms with E-state index in [9.17, 15) is 18.3 Å². The fourth-order valence-electron chi connectivity index (χ4n) is 6.10. The Morgan fingerprint density at radius 3 is 2.49 bits per heavy atom. The smallest absolute Gasteiger partial charge is 0.261 e. The number of anilines is 1. The van der Waals surface area contributed by atoms with E-state index >= 15 is 0 Å². The second-order valence-corrected chi connectivity index (χ2v) is 15.0. The van der Waals surface area contributed by atoms with E-state index in [1.807, 2.05) is 39.1 Å². The Kier molecular flexibility index (Phi) is 12.1. The maximum Gasteiger partial charge on any atom is 0.261 e. The third kappa shape index (κ3) is 9.45. The molecular weight excluding hydrogens is 646 g/mol. The van der Waals surface area contributed by atoms with E-state index in [4.69, 9.17) is 18.9 Å². The van der Waals surface area contributed by atoms with Gasteiger partial charge >= 0.3 is 0 Å². The molecule has 12 heteroatoms. The lowest BCUT2D eigenvalue weighted by molar-refractivity contribution is -0.0177. The van der Waals surface area contributed by atoms with Crippen LogP contribution < -0.4 is 18.9 Å². The van der Waals surface area contributed by atoms with Gasteiger partial charge in [0.05, 0.1) is 35.3 Å². The topological polar surface area (TPSA) is 127 Å². The number of nitrogens with one attached hydrogen (secondary N) is 1. The van der Waals surface area contributed by atoms with Crippen LogP contribution in [0, 0.1) is 12.8 Å². The van der Waals surface area contributed by atoms with E-state index < -0.39 is 16.1 Å². The molecule has 49 heavy (non-hydrogen) atoms. The Bertz CT molecular complexity index is 1680. The Balaban J connectivity index is 1.40. The predicted molar refractivity (Wildman–Crippen MR) is 188 cm³/mol. The number of likely N-dealkylation sites (N-methyl/N-ethyl adjacent to an activating group) is 1. The van der Waals surface area contributed by atoms with Gasteiger partial charge in [0.15, 0.2) is 11.5 Å². The molecule has 0 saturated carbocycles. The second kappa shape index (κ2) is 16.2. The molecule has 0 saturated heterocycles. The van der Waals surface area contributed by atoms with Gasteiger partial charge in [-0.2, -0.15) is 0 Å². The lowest BCUT2D eigenvalue weighted by atomic mass is 10.0. The number of ether oxygens (including phenoxy) is 4. The SMILES string of the molecule is Cc1ccc(S(=O)(=O)Nc2ccc3c(c2)C(=O)N([C@@H](C)CO)C[C@H](C)[C@H](CN(C)Cc2ccc4c(c2)OCO4)OCCCC[C@@H](C)O3)cc1. The van der Waals surface area contributed by atoms with Crippen LogP contribution in [0.15, 0.2) is 65.6 Å². The molecule has 3 aromatic rings. The first-order valence-electron chi connectivity index (χ1n) is 16.9. The Morgan fingerprint density at radius 2 is 1.73 bits per heavy atom. The van der Waals surface area contributed by atoms with E-state index in [-0.39, 0.29) is 53.6 Å². The molecule has 0 aliphatic carbocycles. The van der Waals surface area contributed by atoms with Gasteiger partial charge in [-0.3, -0.25) is 14.4 Å². The molecule has 11 nitrogen and oxygen atoms in total. The summed E-state index contributed by atoms with van der Waals surface area (Å²) in [6, 6.07) is 16.8. The number of amides is 1. The average molecular weight is 696 g/mol. The van der Waals surface area contributed by atoms with E-state index in [1.165, 1.54) is 6.07 Å². The van der Waals surface area contributed by atoms with Gasteiger partial charge in [0.25, 0.3) is 15.9 Å². The summed E-state index contributed by atoms with van der Waals surface area (Å²) in [6.45, 7) is 9.83. The highest BCUT2D eigenvalue weighted by atomic mass is 32.2. The van der Waals surface area contributed by atoms with E-state index in [1.54, 1.807) is 48.2 Å². The first-order chi connectivity index (χ1) is 23.4. The summed E-state index contributed by atoms with van der Waals surface area (Å²) >= 11 is 0. The minimum atomic E-state index is -3.91. The van der Waals surface area contributed by atoms with Crippen LogP contribution in [0.4, 0.5) is 5.69 Å². The van der Waals surface area contributed by atoms with Crippen LogP contribution in [-0.4, -0.2) is 87.6 Å². The number of hydrogen-bond acceptors (Lipinski definition) is 9. The zero-order valence-corrected chi connectivity index (χ0v) is 29.9. The Morgan fingerprint density at radius 1 is 1.00 bits per heavy atom. The maximum atomic E-state index is 14.4. The molecular formula is C37H49N3O8S. The second-order valence-electron chi connectivity index (χ2n) is 13.3. The molecule has 0 unspecified atom stereocenters. The number of aliphatic hydroxyl groups is 1. The number of aliphatic hydroxyl groups excluding tert-OH is 1. The van der Waals surface area contributed by atoms with Crippen LogP contribution in [0.2, 0.25) is 0 Å². The summed E-state index contributed by atoms with van der Waals surface area (Å²) in [5.41, 5.74) is 2.49. The molecule has 0 radical (unpaired) electrons. The largest absolute Gasteiger partial charge is 0.490 e. The lowest BCUT2D eigenvalue weighted by Gasteiger charge is -2.36. The van der Waals surface area contributed by atoms with Gasteiger partial charge in [-0.1, -0.05) is 30.7 Å². The van der Waals surface area contributed by atoms with Crippen molar-refractivity contribution in [2.24, 2.45) is 5.92 Å². The summed E-state index contributed by atoms with van der Waals surface area (Å²) in [4.78, 5) is 18.4. The molecule has 0 aromatic heterocycles.